The van der Waals surface area contributed by atoms with E-state index < -0.39 is 0 Å². The number of anilines is 1. The van der Waals surface area contributed by atoms with Gasteiger partial charge in [-0.15, -0.1) is 0 Å². The largest absolute Gasteiger partial charge is 0.383 e. The highest BCUT2D eigenvalue weighted by Gasteiger charge is 2.12. The fourth-order valence-electron chi connectivity index (χ4n) is 1.49. The van der Waals surface area contributed by atoms with Crippen LogP contribution >= 0.6 is 0 Å². The number of hydrogen-bond donors (Lipinski definition) is 2. The van der Waals surface area contributed by atoms with Crippen molar-refractivity contribution in [2.24, 2.45) is 0 Å². The number of nitrogen functional groups attached to an aromatic ring is 1. The molecule has 1 rings (SSSR count). The van der Waals surface area contributed by atoms with E-state index in [1.807, 2.05) is 20.8 Å². The van der Waals surface area contributed by atoms with Crippen LogP contribution in [0.4, 0.5) is 5.82 Å². The van der Waals surface area contributed by atoms with Gasteiger partial charge in [-0.05, 0) is 12.3 Å². The Kier molecular flexibility index (Phi) is 4.49. The first kappa shape index (κ1) is 12.7. The number of nitrogens with one attached hydrogen (secondary N) is 1. The predicted molar refractivity (Wildman–Crippen MR) is 63.3 cm³/mol. The van der Waals surface area contributed by atoms with Gasteiger partial charge in [0, 0.05) is 6.61 Å². The maximum atomic E-state index is 11.7. The summed E-state index contributed by atoms with van der Waals surface area (Å²) in [6.07, 6.45) is 0.934. The van der Waals surface area contributed by atoms with Crippen molar-refractivity contribution >= 4 is 5.82 Å². The summed E-state index contributed by atoms with van der Waals surface area (Å²) in [6, 6.07) is 0. The molecule has 0 bridgehead atoms. The van der Waals surface area contributed by atoms with E-state index in [-0.39, 0.29) is 11.5 Å². The molecule has 0 aliphatic heterocycles. The summed E-state index contributed by atoms with van der Waals surface area (Å²) in [7, 11) is 0. The molecular weight excluding hydrogens is 206 g/mol. The summed E-state index contributed by atoms with van der Waals surface area (Å²) < 4.78 is 5.29. The number of aromatic nitrogens is 2. The van der Waals surface area contributed by atoms with Crippen LogP contribution in [0.3, 0.4) is 0 Å². The second kappa shape index (κ2) is 5.65. The first-order valence-corrected chi connectivity index (χ1v) is 5.52. The molecule has 90 valence electrons. The summed E-state index contributed by atoms with van der Waals surface area (Å²) in [6.45, 7) is 6.79. The Bertz CT molecular complexity index is 399. The molecule has 0 unspecified atom stereocenters. The third-order valence-electron chi connectivity index (χ3n) is 2.20. The van der Waals surface area contributed by atoms with Crippen LogP contribution in [0.15, 0.2) is 4.79 Å². The van der Waals surface area contributed by atoms with E-state index in [1.54, 1.807) is 0 Å². The topological polar surface area (TPSA) is 81.0 Å². The van der Waals surface area contributed by atoms with Crippen LogP contribution in [0.5, 0.6) is 0 Å². The quantitative estimate of drug-likeness (QED) is 0.742. The molecule has 0 amide bonds. The minimum atomic E-state index is -0.169. The van der Waals surface area contributed by atoms with Crippen LogP contribution in [-0.2, 0) is 11.3 Å². The molecule has 0 fully saturated rings. The molecular formula is C11H19N3O2. The van der Waals surface area contributed by atoms with Crippen molar-refractivity contribution in [3.05, 3.63) is 21.7 Å². The Morgan fingerprint density at radius 1 is 1.50 bits per heavy atom. The van der Waals surface area contributed by atoms with Crippen molar-refractivity contribution in [2.75, 3.05) is 12.3 Å². The van der Waals surface area contributed by atoms with Gasteiger partial charge in [-0.3, -0.25) is 4.79 Å². The number of nitrogens with two attached hydrogens (primary N) is 1. The van der Waals surface area contributed by atoms with Crippen molar-refractivity contribution in [3.63, 3.8) is 0 Å². The molecule has 5 heteroatoms. The van der Waals surface area contributed by atoms with Crippen molar-refractivity contribution in [3.8, 4) is 0 Å². The summed E-state index contributed by atoms with van der Waals surface area (Å²) in [5.74, 6) is 0.857. The van der Waals surface area contributed by atoms with Gasteiger partial charge in [0.15, 0.2) is 0 Å². The van der Waals surface area contributed by atoms with E-state index in [2.05, 4.69) is 9.97 Å². The molecule has 3 N–H and O–H groups in total. The lowest BCUT2D eigenvalue weighted by Crippen LogP contribution is -2.21. The van der Waals surface area contributed by atoms with Gasteiger partial charge in [0.05, 0.1) is 5.56 Å². The predicted octanol–water partition coefficient (Wildman–Crippen LogP) is 1.40. The number of H-pyrrole nitrogens is 1. The van der Waals surface area contributed by atoms with E-state index in [1.165, 1.54) is 0 Å². The van der Waals surface area contributed by atoms with Crippen molar-refractivity contribution in [2.45, 2.75) is 39.7 Å². The Labute approximate surface area is 95.0 Å². The first-order chi connectivity index (χ1) is 7.56. The van der Waals surface area contributed by atoms with Gasteiger partial charge in [-0.25, -0.2) is 4.98 Å². The molecule has 0 radical (unpaired) electrons. The smallest absolute Gasteiger partial charge is 0.256 e. The highest BCUT2D eigenvalue weighted by molar-refractivity contribution is 5.39. The van der Waals surface area contributed by atoms with Gasteiger partial charge < -0.3 is 15.5 Å². The normalized spacial score (nSPS) is 11.0. The minimum absolute atomic E-state index is 0.0712. The first-order valence-electron chi connectivity index (χ1n) is 5.52. The molecule has 1 aromatic heterocycles. The van der Waals surface area contributed by atoms with E-state index in [0.29, 0.717) is 30.4 Å². The van der Waals surface area contributed by atoms with Gasteiger partial charge in [-0.2, -0.15) is 0 Å². The molecule has 0 aromatic carbocycles. The molecule has 0 atom stereocenters. The molecule has 16 heavy (non-hydrogen) atoms. The van der Waals surface area contributed by atoms with Gasteiger partial charge in [0.1, 0.15) is 18.2 Å². The molecule has 0 saturated carbocycles. The number of rotatable bonds is 5. The van der Waals surface area contributed by atoms with E-state index >= 15 is 0 Å². The lowest BCUT2D eigenvalue weighted by atomic mass is 10.1. The van der Waals surface area contributed by atoms with Crippen LogP contribution in [0, 0.1) is 0 Å². The van der Waals surface area contributed by atoms with Crippen molar-refractivity contribution < 1.29 is 4.74 Å². The number of ether oxygens (including phenoxy) is 1. The Morgan fingerprint density at radius 2 is 2.19 bits per heavy atom. The molecule has 0 spiro atoms. The zero-order valence-electron chi connectivity index (χ0n) is 10.0. The summed E-state index contributed by atoms with van der Waals surface area (Å²) in [4.78, 5) is 18.5. The Hall–Kier alpha value is -1.36. The van der Waals surface area contributed by atoms with Crippen LogP contribution in [0.2, 0.25) is 0 Å². The average Bonchev–Trinajstić information content (AvgIpc) is 2.16. The van der Waals surface area contributed by atoms with Gasteiger partial charge in [0.2, 0.25) is 0 Å². The number of hydrogen-bond acceptors (Lipinski definition) is 4. The number of nitrogens with zero attached hydrogens (tertiary/aromatic N) is 1. The zero-order valence-corrected chi connectivity index (χ0v) is 10.0. The monoisotopic (exact) mass is 225 g/mol. The highest BCUT2D eigenvalue weighted by Crippen LogP contribution is 2.14. The van der Waals surface area contributed by atoms with Gasteiger partial charge in [0.25, 0.3) is 5.56 Å². The molecule has 1 aromatic rings. The van der Waals surface area contributed by atoms with Crippen LogP contribution < -0.4 is 11.3 Å². The van der Waals surface area contributed by atoms with E-state index in [9.17, 15) is 4.79 Å². The molecule has 0 aliphatic carbocycles. The summed E-state index contributed by atoms with van der Waals surface area (Å²) in [5.41, 5.74) is 6.11. The molecule has 1 heterocycles. The van der Waals surface area contributed by atoms with Crippen LogP contribution in [0.25, 0.3) is 0 Å². The van der Waals surface area contributed by atoms with Gasteiger partial charge in [-0.1, -0.05) is 20.8 Å². The molecule has 0 saturated heterocycles. The fraction of sp³-hybridized carbons (Fsp3) is 0.636. The molecule has 0 aliphatic rings. The maximum absolute atomic E-state index is 11.7. The van der Waals surface area contributed by atoms with Crippen LogP contribution in [-0.4, -0.2) is 16.6 Å². The lowest BCUT2D eigenvalue weighted by molar-refractivity contribution is 0.116. The third-order valence-corrected chi connectivity index (χ3v) is 2.20. The minimum Gasteiger partial charge on any atom is -0.383 e. The average molecular weight is 225 g/mol. The second-order valence-corrected chi connectivity index (χ2v) is 4.02. The highest BCUT2D eigenvalue weighted by atomic mass is 16.5. The zero-order chi connectivity index (χ0) is 12.1. The lowest BCUT2D eigenvalue weighted by Gasteiger charge is -2.09. The van der Waals surface area contributed by atoms with Gasteiger partial charge >= 0.3 is 0 Å². The summed E-state index contributed by atoms with van der Waals surface area (Å²) in [5, 5.41) is 0. The molecule has 5 nitrogen and oxygen atoms in total. The maximum Gasteiger partial charge on any atom is 0.256 e. The fourth-order valence-corrected chi connectivity index (χ4v) is 1.49. The second-order valence-electron chi connectivity index (χ2n) is 4.02. The van der Waals surface area contributed by atoms with Crippen LogP contribution in [0.1, 0.15) is 44.5 Å². The Morgan fingerprint density at radius 3 is 2.69 bits per heavy atom. The standard InChI is InChI=1S/C11H19N3O2/c1-4-5-16-6-8-13-10(12)9(7(2)3)11(15)14-8/h7H,4-6H2,1-3H3,(H3,12,13,14,15). The Balaban J connectivity index is 2.88. The summed E-state index contributed by atoms with van der Waals surface area (Å²) >= 11 is 0. The number of aromatic amines is 1. The van der Waals surface area contributed by atoms with Crippen molar-refractivity contribution in [1.82, 2.24) is 9.97 Å². The van der Waals surface area contributed by atoms with Crippen molar-refractivity contribution in [1.29, 1.82) is 0 Å². The van der Waals surface area contributed by atoms with E-state index in [4.69, 9.17) is 10.5 Å². The third kappa shape index (κ3) is 3.06. The van der Waals surface area contributed by atoms with E-state index in [0.717, 1.165) is 6.42 Å². The SMILES string of the molecule is CCCOCc1nc(N)c(C(C)C)c(=O)[nH]1.